The quantitative estimate of drug-likeness (QED) is 0.704. The van der Waals surface area contributed by atoms with Crippen molar-refractivity contribution in [2.45, 2.75) is 60.0 Å². The van der Waals surface area contributed by atoms with E-state index in [2.05, 4.69) is 58.9 Å². The van der Waals surface area contributed by atoms with Gasteiger partial charge in [0.1, 0.15) is 0 Å². The summed E-state index contributed by atoms with van der Waals surface area (Å²) in [4.78, 5) is 0. The molecule has 0 fully saturated rings. The van der Waals surface area contributed by atoms with E-state index in [0.29, 0.717) is 5.92 Å². The van der Waals surface area contributed by atoms with Crippen molar-refractivity contribution < 1.29 is 5.11 Å². The first-order valence-electron chi connectivity index (χ1n) is 6.80. The van der Waals surface area contributed by atoms with Crippen LogP contribution in [0.1, 0.15) is 53.9 Å². The number of rotatable bonds is 5. The molecule has 17 heavy (non-hydrogen) atoms. The first-order valence-corrected chi connectivity index (χ1v) is 6.80. The smallest absolute Gasteiger partial charge is 0.0577 e. The number of hydrogen-bond acceptors (Lipinski definition) is 1. The molecule has 1 aliphatic carbocycles. The molecule has 1 nitrogen and oxygen atoms in total. The lowest BCUT2D eigenvalue weighted by molar-refractivity contribution is 0.151. The van der Waals surface area contributed by atoms with Crippen molar-refractivity contribution in [3.63, 3.8) is 0 Å². The molecule has 0 aromatic carbocycles. The minimum atomic E-state index is -0.188. The van der Waals surface area contributed by atoms with Gasteiger partial charge in [0.05, 0.1) is 6.10 Å². The van der Waals surface area contributed by atoms with Crippen LogP contribution in [-0.2, 0) is 0 Å². The fraction of sp³-hybridized carbons (Fsp3) is 0.750. The Labute approximate surface area is 107 Å². The van der Waals surface area contributed by atoms with Crippen LogP contribution in [0.15, 0.2) is 24.3 Å². The second-order valence-corrected chi connectivity index (χ2v) is 6.67. The number of allylic oxidation sites excluding steroid dienone is 3. The van der Waals surface area contributed by atoms with Crippen LogP contribution in [0.4, 0.5) is 0 Å². The molecule has 0 aromatic rings. The third kappa shape index (κ3) is 3.70. The highest BCUT2D eigenvalue weighted by Crippen LogP contribution is 2.48. The average Bonchev–Trinajstić information content (AvgIpc) is 2.40. The Hall–Kier alpha value is -0.560. The van der Waals surface area contributed by atoms with Gasteiger partial charge in [-0.05, 0) is 36.0 Å². The Balaban J connectivity index is 2.49. The largest absolute Gasteiger partial charge is 0.393 e. The molecule has 1 aliphatic rings. The topological polar surface area (TPSA) is 20.2 Å². The first kappa shape index (κ1) is 14.5. The van der Waals surface area contributed by atoms with Gasteiger partial charge >= 0.3 is 0 Å². The molecular weight excluding hydrogens is 208 g/mol. The summed E-state index contributed by atoms with van der Waals surface area (Å²) in [7, 11) is 0. The van der Waals surface area contributed by atoms with Crippen LogP contribution in [0.2, 0.25) is 0 Å². The lowest BCUT2D eigenvalue weighted by Crippen LogP contribution is -2.27. The van der Waals surface area contributed by atoms with E-state index in [1.165, 1.54) is 0 Å². The van der Waals surface area contributed by atoms with Gasteiger partial charge in [0.25, 0.3) is 0 Å². The first-order chi connectivity index (χ1) is 7.77. The van der Waals surface area contributed by atoms with E-state index < -0.39 is 0 Å². The van der Waals surface area contributed by atoms with Crippen molar-refractivity contribution >= 4 is 0 Å². The van der Waals surface area contributed by atoms with Crippen LogP contribution in [0.3, 0.4) is 0 Å². The van der Waals surface area contributed by atoms with Crippen LogP contribution >= 0.6 is 0 Å². The summed E-state index contributed by atoms with van der Waals surface area (Å²) in [5.74, 6) is 0.568. The van der Waals surface area contributed by atoms with E-state index in [-0.39, 0.29) is 16.9 Å². The summed E-state index contributed by atoms with van der Waals surface area (Å²) < 4.78 is 0. The minimum absolute atomic E-state index is 0.188. The molecule has 1 rings (SSSR count). The Morgan fingerprint density at radius 3 is 2.41 bits per heavy atom. The fourth-order valence-corrected chi connectivity index (χ4v) is 2.46. The van der Waals surface area contributed by atoms with E-state index in [9.17, 15) is 5.11 Å². The summed E-state index contributed by atoms with van der Waals surface area (Å²) in [6, 6.07) is 0. The molecular formula is C16H28O. The molecule has 0 amide bonds. The van der Waals surface area contributed by atoms with Crippen LogP contribution < -0.4 is 0 Å². The maximum atomic E-state index is 9.84. The predicted molar refractivity (Wildman–Crippen MR) is 74.9 cm³/mol. The standard InChI is InChI=1S/C16H28O/c1-13(2)12-14(17)8-6-10-16(5)11-7-9-15(16,3)4/h6-7,9-10,13-14,17H,8,11-12H2,1-5H3/t14?,16-/m0/s1. The van der Waals surface area contributed by atoms with Gasteiger partial charge < -0.3 is 5.11 Å². The van der Waals surface area contributed by atoms with Gasteiger partial charge in [-0.2, -0.15) is 0 Å². The predicted octanol–water partition coefficient (Wildman–Crippen LogP) is 4.33. The van der Waals surface area contributed by atoms with E-state index in [4.69, 9.17) is 0 Å². The molecule has 2 atom stereocenters. The molecule has 0 aromatic heterocycles. The second-order valence-electron chi connectivity index (χ2n) is 6.67. The van der Waals surface area contributed by atoms with Gasteiger partial charge in [-0.1, -0.05) is 58.9 Å². The Kier molecular flexibility index (Phi) is 4.60. The molecule has 0 radical (unpaired) electrons. The highest BCUT2D eigenvalue weighted by molar-refractivity contribution is 5.20. The second kappa shape index (κ2) is 5.39. The Morgan fingerprint density at radius 1 is 1.29 bits per heavy atom. The lowest BCUT2D eigenvalue weighted by Gasteiger charge is -2.35. The molecule has 1 unspecified atom stereocenters. The van der Waals surface area contributed by atoms with E-state index >= 15 is 0 Å². The van der Waals surface area contributed by atoms with Gasteiger partial charge in [0, 0.05) is 0 Å². The van der Waals surface area contributed by atoms with Gasteiger partial charge in [0.15, 0.2) is 0 Å². The number of aliphatic hydroxyl groups is 1. The van der Waals surface area contributed by atoms with Crippen LogP contribution in [0.5, 0.6) is 0 Å². The van der Waals surface area contributed by atoms with E-state index in [1.807, 2.05) is 0 Å². The van der Waals surface area contributed by atoms with Gasteiger partial charge in [-0.3, -0.25) is 0 Å². The zero-order valence-corrected chi connectivity index (χ0v) is 12.0. The highest BCUT2D eigenvalue weighted by atomic mass is 16.3. The molecule has 98 valence electrons. The lowest BCUT2D eigenvalue weighted by atomic mass is 9.69. The van der Waals surface area contributed by atoms with E-state index in [1.54, 1.807) is 0 Å². The van der Waals surface area contributed by atoms with Gasteiger partial charge in [-0.15, -0.1) is 0 Å². The highest BCUT2D eigenvalue weighted by Gasteiger charge is 2.39. The SMILES string of the molecule is CC(C)CC(O)CC=C[C@@]1(C)CC=CC1(C)C. The number of hydrogen-bond donors (Lipinski definition) is 1. The molecule has 0 saturated carbocycles. The molecule has 0 spiro atoms. The van der Waals surface area contributed by atoms with Gasteiger partial charge in [0.2, 0.25) is 0 Å². The summed E-state index contributed by atoms with van der Waals surface area (Å²) in [5.41, 5.74) is 0.442. The molecule has 0 aliphatic heterocycles. The summed E-state index contributed by atoms with van der Waals surface area (Å²) in [5, 5.41) is 9.84. The molecule has 0 bridgehead atoms. The third-order valence-corrected chi connectivity index (χ3v) is 4.19. The third-order valence-electron chi connectivity index (χ3n) is 4.19. The Morgan fingerprint density at radius 2 is 1.94 bits per heavy atom. The van der Waals surface area contributed by atoms with Crippen LogP contribution in [0, 0.1) is 16.7 Å². The van der Waals surface area contributed by atoms with Gasteiger partial charge in [-0.25, -0.2) is 0 Å². The fourth-order valence-electron chi connectivity index (χ4n) is 2.46. The average molecular weight is 236 g/mol. The minimum Gasteiger partial charge on any atom is -0.393 e. The molecule has 0 saturated heterocycles. The molecule has 0 heterocycles. The van der Waals surface area contributed by atoms with E-state index in [0.717, 1.165) is 19.3 Å². The maximum absolute atomic E-state index is 9.84. The summed E-state index contributed by atoms with van der Waals surface area (Å²) in [6.45, 7) is 11.2. The molecule has 1 N–H and O–H groups in total. The van der Waals surface area contributed by atoms with Crippen molar-refractivity contribution in [2.75, 3.05) is 0 Å². The maximum Gasteiger partial charge on any atom is 0.0577 e. The van der Waals surface area contributed by atoms with Crippen molar-refractivity contribution in [1.29, 1.82) is 0 Å². The van der Waals surface area contributed by atoms with Crippen molar-refractivity contribution in [3.8, 4) is 0 Å². The summed E-state index contributed by atoms with van der Waals surface area (Å²) >= 11 is 0. The summed E-state index contributed by atoms with van der Waals surface area (Å²) in [6.07, 6.45) is 11.6. The molecule has 1 heteroatoms. The zero-order chi connectivity index (χ0) is 13.1. The van der Waals surface area contributed by atoms with Crippen molar-refractivity contribution in [1.82, 2.24) is 0 Å². The monoisotopic (exact) mass is 236 g/mol. The van der Waals surface area contributed by atoms with Crippen LogP contribution in [0.25, 0.3) is 0 Å². The van der Waals surface area contributed by atoms with Crippen molar-refractivity contribution in [2.24, 2.45) is 16.7 Å². The van der Waals surface area contributed by atoms with Crippen LogP contribution in [-0.4, -0.2) is 11.2 Å². The zero-order valence-electron chi connectivity index (χ0n) is 12.0. The number of aliphatic hydroxyl groups excluding tert-OH is 1. The Bertz CT molecular complexity index is 299. The van der Waals surface area contributed by atoms with Crippen molar-refractivity contribution in [3.05, 3.63) is 24.3 Å². The normalized spacial score (nSPS) is 29.4.